The second-order valence-electron chi connectivity index (χ2n) is 9.95. The van der Waals surface area contributed by atoms with Gasteiger partial charge in [-0.05, 0) is 11.8 Å². The fourth-order valence-corrected chi connectivity index (χ4v) is 7.60. The van der Waals surface area contributed by atoms with Gasteiger partial charge in [0.2, 0.25) is 0 Å². The van der Waals surface area contributed by atoms with Gasteiger partial charge in [-0.1, -0.05) is 0 Å². The van der Waals surface area contributed by atoms with E-state index in [0.29, 0.717) is 0 Å². The number of aliphatic hydroxyl groups is 2. The van der Waals surface area contributed by atoms with E-state index in [4.69, 9.17) is 50.8 Å². The van der Waals surface area contributed by atoms with Crippen molar-refractivity contribution in [1.29, 1.82) is 0 Å². The molecule has 0 amide bonds. The highest BCUT2D eigenvalue weighted by Crippen LogP contribution is 2.54. The number of nitrogen functional groups attached to an aromatic ring is 2. The van der Waals surface area contributed by atoms with Gasteiger partial charge in [-0.2, -0.15) is 0 Å². The summed E-state index contributed by atoms with van der Waals surface area (Å²) in [5, 5.41) is 22.3. The minimum absolute atomic E-state index is 0.0623. The number of nitrogens with zero attached hydrogens (tertiary/aromatic N) is 8. The molecule has 3 fully saturated rings. The molecule has 0 aliphatic carbocycles. The van der Waals surface area contributed by atoms with E-state index in [1.165, 1.54) is 34.4 Å². The third kappa shape index (κ3) is 5.16. The molecule has 10 atom stereocenters. The van der Waals surface area contributed by atoms with Crippen molar-refractivity contribution >= 4 is 60.3 Å². The van der Waals surface area contributed by atoms with Crippen LogP contribution in [0, 0.1) is 0 Å². The van der Waals surface area contributed by atoms with E-state index in [0.717, 1.165) is 0 Å². The molecule has 3 aliphatic rings. The zero-order valence-electron chi connectivity index (χ0n) is 22.0. The summed E-state index contributed by atoms with van der Waals surface area (Å²) >= 11 is 5.19. The normalized spacial score (nSPS) is 38.3. The van der Waals surface area contributed by atoms with Crippen molar-refractivity contribution in [3.63, 3.8) is 0 Å². The molecule has 0 radical (unpaired) electrons. The van der Waals surface area contributed by atoms with Gasteiger partial charge in [-0.25, -0.2) is 34.5 Å². The Kier molecular flexibility index (Phi) is 7.41. The zero-order chi connectivity index (χ0) is 31.0. The fraction of sp³-hybridized carbons (Fsp3) is 0.500. The Bertz CT molecular complexity index is 1830. The van der Waals surface area contributed by atoms with E-state index in [9.17, 15) is 24.6 Å². The first kappa shape index (κ1) is 29.9. The van der Waals surface area contributed by atoms with Crippen LogP contribution in [0.3, 0.4) is 0 Å². The summed E-state index contributed by atoms with van der Waals surface area (Å²) in [6, 6.07) is 0. The molecular weight excluding hydrogens is 650 g/mol. The monoisotopic (exact) mass is 674 g/mol. The van der Waals surface area contributed by atoms with Crippen molar-refractivity contribution in [2.45, 2.75) is 49.1 Å². The average Bonchev–Trinajstić information content (AvgIpc) is 3.73. The lowest BCUT2D eigenvalue weighted by Crippen LogP contribution is -2.36. The van der Waals surface area contributed by atoms with Crippen LogP contribution < -0.4 is 11.5 Å². The number of rotatable bonds is 2. The first-order chi connectivity index (χ1) is 20.9. The van der Waals surface area contributed by atoms with Crippen LogP contribution in [0.15, 0.2) is 25.3 Å². The molecule has 7 rings (SSSR count). The van der Waals surface area contributed by atoms with Crippen molar-refractivity contribution in [2.24, 2.45) is 0 Å². The topological polar surface area (TPSA) is 293 Å². The molecule has 0 saturated carbocycles. The lowest BCUT2D eigenvalue weighted by molar-refractivity contribution is -0.0647. The first-order valence-corrected chi connectivity index (χ1v) is 16.9. The Balaban J connectivity index is 1.20. The van der Waals surface area contributed by atoms with Crippen molar-refractivity contribution in [2.75, 3.05) is 24.7 Å². The van der Waals surface area contributed by atoms with Crippen molar-refractivity contribution in [1.82, 2.24) is 39.0 Å². The molecule has 0 aromatic carbocycles. The van der Waals surface area contributed by atoms with E-state index in [2.05, 4.69) is 29.9 Å². The number of anilines is 2. The van der Waals surface area contributed by atoms with Gasteiger partial charge in [-0.15, -0.1) is 0 Å². The molecule has 8 N–H and O–H groups in total. The minimum atomic E-state index is -5.00. The van der Waals surface area contributed by atoms with E-state index in [1.807, 2.05) is 0 Å². The predicted octanol–water partition coefficient (Wildman–Crippen LogP) is -1.52. The summed E-state index contributed by atoms with van der Waals surface area (Å²) < 4.78 is 49.5. The Morgan fingerprint density at radius 3 is 1.98 bits per heavy atom. The van der Waals surface area contributed by atoms with E-state index < -0.39 is 76.8 Å². The van der Waals surface area contributed by atoms with E-state index >= 15 is 0 Å². The molecule has 4 aromatic rings. The summed E-state index contributed by atoms with van der Waals surface area (Å²) in [6.07, 6.45) is -6.32. The summed E-state index contributed by atoms with van der Waals surface area (Å²) in [6.45, 7) is -5.45. The number of phosphoric acid groups is 1. The maximum absolute atomic E-state index is 13.2. The van der Waals surface area contributed by atoms with Crippen LogP contribution >= 0.6 is 14.5 Å². The van der Waals surface area contributed by atoms with Crippen LogP contribution in [0.25, 0.3) is 22.3 Å². The number of aliphatic hydroxyl groups excluding tert-OH is 2. The minimum Gasteiger partial charge on any atom is -0.387 e. The molecule has 4 aromatic heterocycles. The molecule has 7 heterocycles. The molecule has 236 valence electrons. The summed E-state index contributed by atoms with van der Waals surface area (Å²) in [7, 11) is -5.00. The molecule has 44 heavy (non-hydrogen) atoms. The fourth-order valence-electron chi connectivity index (χ4n) is 5.22. The highest BCUT2D eigenvalue weighted by Gasteiger charge is 2.53. The number of nitrogens with two attached hydrogens (primary N) is 2. The van der Waals surface area contributed by atoms with Gasteiger partial charge in [0, 0.05) is 0 Å². The molecular formula is C20H24N10O11P2S. The number of aromatic nitrogens is 8. The van der Waals surface area contributed by atoms with Gasteiger partial charge in [0.15, 0.2) is 35.4 Å². The third-order valence-corrected chi connectivity index (χ3v) is 9.80. The van der Waals surface area contributed by atoms with E-state index in [1.54, 1.807) is 0 Å². The summed E-state index contributed by atoms with van der Waals surface area (Å²) in [5.74, 6) is 0.144. The van der Waals surface area contributed by atoms with Crippen molar-refractivity contribution < 1.29 is 52.1 Å². The van der Waals surface area contributed by atoms with Gasteiger partial charge in [0.05, 0.1) is 25.9 Å². The maximum Gasteiger partial charge on any atom is 0.472 e. The third-order valence-electron chi connectivity index (χ3n) is 7.26. The standard InChI is InChI=1S/C20H24N10O11P2S/c21-15-9-17(25-3-23-15)29(5-27-9)19-12(32)13-8(39-19)2-36-42(33,34)40-14-11(31)7(1-37-43(35,44)41-13)38-20(14)30-6-28-10-16(22)24-4-26-18(10)30/h3-8,11-14,19-20,31-32H,1-2H2,(H,33,34)(H,35,44)(H2,21,23,25)(H2,22,24,26)/t7-,8-,11-,12-,13-,14-,19-,20-,43?/m1/s1. The highest BCUT2D eigenvalue weighted by molar-refractivity contribution is 8.07. The molecule has 2 bridgehead atoms. The lowest BCUT2D eigenvalue weighted by Gasteiger charge is -2.27. The zero-order valence-corrected chi connectivity index (χ0v) is 24.6. The number of ether oxygens (including phenoxy) is 2. The SMILES string of the molecule is Nc1ncnc2c1ncn2[C@@H]1O[C@@H]2COP(=O)(O)O[C@@H]3[C@H](O)[C@@H](COP(O)(=S)O[C@H]2[C@H]1O)O[C@H]3n1cnc2c(N)ncnc21. The summed E-state index contributed by atoms with van der Waals surface area (Å²) in [4.78, 5) is 46.0. The Hall–Kier alpha value is -2.82. The van der Waals surface area contributed by atoms with Gasteiger partial charge < -0.3 is 45.5 Å². The Morgan fingerprint density at radius 1 is 0.773 bits per heavy atom. The maximum atomic E-state index is 13.2. The number of hydrogen-bond donors (Lipinski definition) is 6. The molecule has 2 unspecified atom stereocenters. The Labute approximate surface area is 250 Å². The van der Waals surface area contributed by atoms with Crippen molar-refractivity contribution in [3.8, 4) is 0 Å². The van der Waals surface area contributed by atoms with Crippen LogP contribution in [0.2, 0.25) is 0 Å². The second-order valence-corrected chi connectivity index (χ2v) is 14.1. The van der Waals surface area contributed by atoms with Gasteiger partial charge >= 0.3 is 14.5 Å². The van der Waals surface area contributed by atoms with Crippen molar-refractivity contribution in [3.05, 3.63) is 25.3 Å². The predicted molar refractivity (Wildman–Crippen MR) is 147 cm³/mol. The van der Waals surface area contributed by atoms with E-state index in [-0.39, 0.29) is 34.0 Å². The molecule has 0 spiro atoms. The largest absolute Gasteiger partial charge is 0.472 e. The molecule has 3 aliphatic heterocycles. The smallest absolute Gasteiger partial charge is 0.387 e. The quantitative estimate of drug-likeness (QED) is 0.132. The van der Waals surface area contributed by atoms with Crippen LogP contribution in [0.1, 0.15) is 12.5 Å². The van der Waals surface area contributed by atoms with Crippen LogP contribution in [0.4, 0.5) is 11.6 Å². The molecule has 3 saturated heterocycles. The number of fused-ring (bicyclic) bond motifs is 5. The number of phosphoric ester groups is 1. The number of imidazole rings is 2. The number of hydrogen-bond acceptors (Lipinski definition) is 18. The second kappa shape index (κ2) is 10.9. The van der Waals surface area contributed by atoms with Crippen LogP contribution in [-0.2, 0) is 43.9 Å². The van der Waals surface area contributed by atoms with Gasteiger partial charge in [0.1, 0.15) is 60.3 Å². The summed E-state index contributed by atoms with van der Waals surface area (Å²) in [5.41, 5.74) is 12.6. The van der Waals surface area contributed by atoms with Gasteiger partial charge in [0.25, 0.3) is 0 Å². The highest BCUT2D eigenvalue weighted by atomic mass is 32.5. The lowest BCUT2D eigenvalue weighted by atomic mass is 10.1. The van der Waals surface area contributed by atoms with Gasteiger partial charge in [-0.3, -0.25) is 22.7 Å². The van der Waals surface area contributed by atoms with Crippen LogP contribution in [0.5, 0.6) is 0 Å². The Morgan fingerprint density at radius 2 is 1.34 bits per heavy atom. The molecule has 24 heteroatoms. The first-order valence-electron chi connectivity index (χ1n) is 12.8. The molecule has 21 nitrogen and oxygen atoms in total. The average molecular weight is 674 g/mol. The van der Waals surface area contributed by atoms with Crippen LogP contribution in [-0.4, -0.2) is 109 Å².